The normalized spacial score (nSPS) is 10.9. The summed E-state index contributed by atoms with van der Waals surface area (Å²) in [7, 11) is 2.05. The minimum Gasteiger partial charge on any atom is -0.462 e. The van der Waals surface area contributed by atoms with Crippen molar-refractivity contribution in [2.75, 3.05) is 25.1 Å². The number of para-hydroxylation sites is 1. The third-order valence-corrected chi connectivity index (χ3v) is 2.77. The van der Waals surface area contributed by atoms with E-state index >= 15 is 0 Å². The Morgan fingerprint density at radius 3 is 2.88 bits per heavy atom. The molecule has 0 amide bonds. The van der Waals surface area contributed by atoms with Crippen molar-refractivity contribution in [2.45, 2.75) is 12.8 Å². The van der Waals surface area contributed by atoms with E-state index in [9.17, 15) is 0 Å². The van der Waals surface area contributed by atoms with Crippen molar-refractivity contribution in [1.82, 2.24) is 0 Å². The Morgan fingerprint density at radius 1 is 1.25 bits per heavy atom. The van der Waals surface area contributed by atoms with Crippen LogP contribution in [0.15, 0.2) is 34.9 Å². The number of anilines is 1. The first-order chi connectivity index (χ1) is 7.83. The summed E-state index contributed by atoms with van der Waals surface area (Å²) in [6.45, 7) is 1.20. The average Bonchev–Trinajstić information content (AvgIpc) is 2.73. The average molecular weight is 219 g/mol. The predicted molar refractivity (Wildman–Crippen MR) is 65.8 cm³/mol. The van der Waals surface area contributed by atoms with Gasteiger partial charge in [-0.2, -0.15) is 0 Å². The zero-order valence-corrected chi connectivity index (χ0v) is 9.52. The molecule has 0 fully saturated rings. The summed E-state index contributed by atoms with van der Waals surface area (Å²) >= 11 is 0. The van der Waals surface area contributed by atoms with Crippen molar-refractivity contribution >= 4 is 16.7 Å². The standard InChI is InChI=1S/C13H17NO2/c1-14(8-4-5-9-15)12-10-16-13-7-3-2-6-11(12)13/h2-3,6-7,10,15H,4-5,8-9H2,1H3. The van der Waals surface area contributed by atoms with E-state index in [2.05, 4.69) is 18.0 Å². The molecule has 0 radical (unpaired) electrons. The lowest BCUT2D eigenvalue weighted by Crippen LogP contribution is -2.18. The maximum Gasteiger partial charge on any atom is 0.136 e. The van der Waals surface area contributed by atoms with E-state index in [-0.39, 0.29) is 6.61 Å². The third-order valence-electron chi connectivity index (χ3n) is 2.77. The maximum atomic E-state index is 8.74. The number of hydrogen-bond donors (Lipinski definition) is 1. The molecule has 1 aromatic heterocycles. The first-order valence-corrected chi connectivity index (χ1v) is 5.61. The van der Waals surface area contributed by atoms with E-state index in [1.807, 2.05) is 18.2 Å². The number of furan rings is 1. The van der Waals surface area contributed by atoms with E-state index in [1.165, 1.54) is 0 Å². The second-order valence-electron chi connectivity index (χ2n) is 3.97. The molecule has 0 spiro atoms. The van der Waals surface area contributed by atoms with Gasteiger partial charge in [0.1, 0.15) is 11.8 Å². The fraction of sp³-hybridized carbons (Fsp3) is 0.385. The van der Waals surface area contributed by atoms with Gasteiger partial charge < -0.3 is 14.4 Å². The van der Waals surface area contributed by atoms with Crippen LogP contribution >= 0.6 is 0 Å². The minimum atomic E-state index is 0.264. The van der Waals surface area contributed by atoms with Crippen molar-refractivity contribution in [3.05, 3.63) is 30.5 Å². The second-order valence-corrected chi connectivity index (χ2v) is 3.97. The van der Waals surface area contributed by atoms with Crippen LogP contribution in [0.2, 0.25) is 0 Å². The van der Waals surface area contributed by atoms with Gasteiger partial charge in [0, 0.05) is 25.6 Å². The van der Waals surface area contributed by atoms with Crippen LogP contribution in [-0.4, -0.2) is 25.3 Å². The molecule has 2 rings (SSSR count). The third kappa shape index (κ3) is 2.19. The Hall–Kier alpha value is -1.48. The van der Waals surface area contributed by atoms with Gasteiger partial charge in [0.05, 0.1) is 5.69 Å². The van der Waals surface area contributed by atoms with E-state index in [4.69, 9.17) is 9.52 Å². The summed E-state index contributed by atoms with van der Waals surface area (Å²) in [5.41, 5.74) is 2.04. The molecule has 2 aromatic rings. The molecule has 1 aromatic carbocycles. The monoisotopic (exact) mass is 219 g/mol. The molecule has 3 nitrogen and oxygen atoms in total. The van der Waals surface area contributed by atoms with Gasteiger partial charge in [0.25, 0.3) is 0 Å². The molecule has 0 aliphatic rings. The van der Waals surface area contributed by atoms with E-state index in [1.54, 1.807) is 6.26 Å². The lowest BCUT2D eigenvalue weighted by atomic mass is 10.2. The molecule has 16 heavy (non-hydrogen) atoms. The lowest BCUT2D eigenvalue weighted by Gasteiger charge is -2.17. The summed E-state index contributed by atoms with van der Waals surface area (Å²) < 4.78 is 5.49. The first kappa shape index (κ1) is 11.0. The van der Waals surface area contributed by atoms with E-state index < -0.39 is 0 Å². The largest absolute Gasteiger partial charge is 0.462 e. The van der Waals surface area contributed by atoms with Gasteiger partial charge in [-0.25, -0.2) is 0 Å². The summed E-state index contributed by atoms with van der Waals surface area (Å²) in [4.78, 5) is 2.17. The Bertz CT molecular complexity index is 450. The minimum absolute atomic E-state index is 0.264. The summed E-state index contributed by atoms with van der Waals surface area (Å²) in [5, 5.41) is 9.89. The van der Waals surface area contributed by atoms with Gasteiger partial charge in [0.15, 0.2) is 0 Å². The van der Waals surface area contributed by atoms with Crippen LogP contribution in [0.5, 0.6) is 0 Å². The second kappa shape index (κ2) is 5.03. The van der Waals surface area contributed by atoms with Gasteiger partial charge >= 0.3 is 0 Å². The Kier molecular flexibility index (Phi) is 3.47. The molecule has 0 aliphatic heterocycles. The fourth-order valence-corrected chi connectivity index (χ4v) is 1.84. The van der Waals surface area contributed by atoms with Gasteiger partial charge in [-0.05, 0) is 25.0 Å². The van der Waals surface area contributed by atoms with Crippen LogP contribution < -0.4 is 4.90 Å². The molecule has 0 saturated heterocycles. The Balaban J connectivity index is 2.13. The predicted octanol–water partition coefficient (Wildman–Crippen LogP) is 2.64. The SMILES string of the molecule is CN(CCCCO)c1coc2ccccc12. The number of fused-ring (bicyclic) bond motifs is 1. The maximum absolute atomic E-state index is 8.74. The van der Waals surface area contributed by atoms with Crippen molar-refractivity contribution in [1.29, 1.82) is 0 Å². The van der Waals surface area contributed by atoms with E-state index in [0.29, 0.717) is 0 Å². The van der Waals surface area contributed by atoms with Gasteiger partial charge in [0.2, 0.25) is 0 Å². The highest BCUT2D eigenvalue weighted by Gasteiger charge is 2.08. The van der Waals surface area contributed by atoms with Gasteiger partial charge in [-0.1, -0.05) is 12.1 Å². The first-order valence-electron chi connectivity index (χ1n) is 5.61. The molecule has 1 heterocycles. The number of hydrogen-bond acceptors (Lipinski definition) is 3. The van der Waals surface area contributed by atoms with Crippen LogP contribution in [0.4, 0.5) is 5.69 Å². The zero-order valence-electron chi connectivity index (χ0n) is 9.52. The number of unbranched alkanes of at least 4 members (excludes halogenated alkanes) is 1. The summed E-state index contributed by atoms with van der Waals surface area (Å²) in [6, 6.07) is 8.03. The van der Waals surface area contributed by atoms with Crippen molar-refractivity contribution in [2.24, 2.45) is 0 Å². The molecule has 0 bridgehead atoms. The summed E-state index contributed by atoms with van der Waals surface area (Å²) in [5.74, 6) is 0. The molecular weight excluding hydrogens is 202 g/mol. The molecule has 0 aliphatic carbocycles. The van der Waals surface area contributed by atoms with Gasteiger partial charge in [-0.3, -0.25) is 0 Å². The number of benzene rings is 1. The van der Waals surface area contributed by atoms with Gasteiger partial charge in [-0.15, -0.1) is 0 Å². The van der Waals surface area contributed by atoms with Crippen LogP contribution in [0.25, 0.3) is 11.0 Å². The highest BCUT2D eigenvalue weighted by atomic mass is 16.3. The topological polar surface area (TPSA) is 36.6 Å². The molecular formula is C13H17NO2. The van der Waals surface area contributed by atoms with E-state index in [0.717, 1.165) is 36.0 Å². The molecule has 86 valence electrons. The number of nitrogens with zero attached hydrogens (tertiary/aromatic N) is 1. The van der Waals surface area contributed by atoms with Crippen molar-refractivity contribution < 1.29 is 9.52 Å². The van der Waals surface area contributed by atoms with Crippen LogP contribution in [0, 0.1) is 0 Å². The molecule has 1 N–H and O–H groups in total. The number of aliphatic hydroxyl groups excluding tert-OH is 1. The summed E-state index contributed by atoms with van der Waals surface area (Å²) in [6.07, 6.45) is 3.64. The quantitative estimate of drug-likeness (QED) is 0.785. The van der Waals surface area contributed by atoms with Crippen molar-refractivity contribution in [3.63, 3.8) is 0 Å². The van der Waals surface area contributed by atoms with Crippen LogP contribution in [0.1, 0.15) is 12.8 Å². The number of aliphatic hydroxyl groups is 1. The number of rotatable bonds is 5. The Labute approximate surface area is 95.3 Å². The lowest BCUT2D eigenvalue weighted by molar-refractivity contribution is 0.285. The molecule has 0 atom stereocenters. The highest BCUT2D eigenvalue weighted by Crippen LogP contribution is 2.27. The van der Waals surface area contributed by atoms with Crippen molar-refractivity contribution in [3.8, 4) is 0 Å². The molecule has 0 unspecified atom stereocenters. The Morgan fingerprint density at radius 2 is 2.06 bits per heavy atom. The smallest absolute Gasteiger partial charge is 0.136 e. The molecule has 0 saturated carbocycles. The highest BCUT2D eigenvalue weighted by molar-refractivity contribution is 5.90. The fourth-order valence-electron chi connectivity index (χ4n) is 1.84. The van der Waals surface area contributed by atoms with Crippen LogP contribution in [0.3, 0.4) is 0 Å². The molecule has 3 heteroatoms. The van der Waals surface area contributed by atoms with Crippen LogP contribution in [-0.2, 0) is 0 Å². The zero-order chi connectivity index (χ0) is 11.4.